The van der Waals surface area contributed by atoms with Crippen molar-refractivity contribution < 1.29 is 18.9 Å². The van der Waals surface area contributed by atoms with Gasteiger partial charge in [-0.15, -0.1) is 0 Å². The van der Waals surface area contributed by atoms with E-state index in [9.17, 15) is 0 Å². The average Bonchev–Trinajstić information content (AvgIpc) is 3.13. The molecule has 0 unspecified atom stereocenters. The maximum absolute atomic E-state index is 5.51. The fourth-order valence-electron chi connectivity index (χ4n) is 1.44. The van der Waals surface area contributed by atoms with Gasteiger partial charge in [-0.05, 0) is 12.1 Å². The second-order valence-corrected chi connectivity index (χ2v) is 3.65. The van der Waals surface area contributed by atoms with Crippen LogP contribution in [-0.4, -0.2) is 33.5 Å². The van der Waals surface area contributed by atoms with Crippen LogP contribution in [0.1, 0.15) is 5.56 Å². The van der Waals surface area contributed by atoms with Crippen LogP contribution in [-0.2, 0) is 16.1 Å². The topological polar surface area (TPSA) is 40.2 Å². The molecule has 1 aliphatic heterocycles. The molecule has 0 bridgehead atoms. The Balaban J connectivity index is 1.94. The zero-order valence-corrected chi connectivity index (χ0v) is 9.56. The third-order valence-corrected chi connectivity index (χ3v) is 2.46. The van der Waals surface area contributed by atoms with Crippen molar-refractivity contribution in [3.63, 3.8) is 0 Å². The molecule has 1 aromatic carbocycles. The van der Waals surface area contributed by atoms with Crippen LogP contribution in [0.3, 0.4) is 0 Å². The molecule has 4 heteroatoms. The highest BCUT2D eigenvalue weighted by molar-refractivity contribution is 5.40. The Kier molecular flexibility index (Phi) is 3.64. The van der Waals surface area contributed by atoms with Crippen molar-refractivity contribution in [3.05, 3.63) is 23.8 Å². The summed E-state index contributed by atoms with van der Waals surface area (Å²) in [6.07, 6.45) is 0.296. The van der Waals surface area contributed by atoms with Gasteiger partial charge in [-0.2, -0.15) is 0 Å². The SMILES string of the molecule is COc1ccc(COC[C@H]2CO2)c(OC)c1. The van der Waals surface area contributed by atoms with Gasteiger partial charge in [0.15, 0.2) is 0 Å². The average molecular weight is 224 g/mol. The van der Waals surface area contributed by atoms with Crippen molar-refractivity contribution in [1.29, 1.82) is 0 Å². The third-order valence-electron chi connectivity index (χ3n) is 2.46. The van der Waals surface area contributed by atoms with E-state index in [1.54, 1.807) is 14.2 Å². The van der Waals surface area contributed by atoms with Gasteiger partial charge in [-0.3, -0.25) is 0 Å². The summed E-state index contributed by atoms with van der Waals surface area (Å²) in [6, 6.07) is 5.70. The Morgan fingerprint density at radius 1 is 1.31 bits per heavy atom. The standard InChI is InChI=1S/C12H16O4/c1-13-10-4-3-9(12(5-10)14-2)6-15-7-11-8-16-11/h3-5,11H,6-8H2,1-2H3/t11-/m0/s1. The molecule has 1 heterocycles. The van der Waals surface area contributed by atoms with Crippen LogP contribution in [0.2, 0.25) is 0 Å². The molecule has 0 aromatic heterocycles. The van der Waals surface area contributed by atoms with Crippen LogP contribution in [0.5, 0.6) is 11.5 Å². The van der Waals surface area contributed by atoms with Crippen LogP contribution in [0.15, 0.2) is 18.2 Å². The van der Waals surface area contributed by atoms with Gasteiger partial charge in [-0.25, -0.2) is 0 Å². The minimum Gasteiger partial charge on any atom is -0.497 e. The fraction of sp³-hybridized carbons (Fsp3) is 0.500. The Morgan fingerprint density at radius 2 is 2.12 bits per heavy atom. The molecule has 0 aliphatic carbocycles. The van der Waals surface area contributed by atoms with Crippen molar-refractivity contribution in [3.8, 4) is 11.5 Å². The molecular weight excluding hydrogens is 208 g/mol. The number of hydrogen-bond acceptors (Lipinski definition) is 4. The first kappa shape index (κ1) is 11.2. The molecule has 0 saturated carbocycles. The monoisotopic (exact) mass is 224 g/mol. The highest BCUT2D eigenvalue weighted by Gasteiger charge is 2.22. The van der Waals surface area contributed by atoms with Gasteiger partial charge in [0.2, 0.25) is 0 Å². The zero-order valence-electron chi connectivity index (χ0n) is 9.56. The van der Waals surface area contributed by atoms with Gasteiger partial charge in [0.05, 0.1) is 34.0 Å². The molecule has 2 rings (SSSR count). The van der Waals surface area contributed by atoms with E-state index in [-0.39, 0.29) is 0 Å². The summed E-state index contributed by atoms with van der Waals surface area (Å²) in [4.78, 5) is 0. The quantitative estimate of drug-likeness (QED) is 0.688. The summed E-state index contributed by atoms with van der Waals surface area (Å²) < 4.78 is 21.0. The molecule has 16 heavy (non-hydrogen) atoms. The van der Waals surface area contributed by atoms with E-state index in [1.165, 1.54) is 0 Å². The molecule has 1 aliphatic rings. The summed E-state index contributed by atoms with van der Waals surface area (Å²) in [7, 11) is 3.28. The van der Waals surface area contributed by atoms with E-state index in [4.69, 9.17) is 18.9 Å². The molecule has 1 fully saturated rings. The summed E-state index contributed by atoms with van der Waals surface area (Å²) in [5.41, 5.74) is 1.02. The maximum Gasteiger partial charge on any atom is 0.128 e. The molecule has 88 valence electrons. The Bertz CT molecular complexity index is 347. The number of rotatable bonds is 6. The van der Waals surface area contributed by atoms with Gasteiger partial charge in [-0.1, -0.05) is 0 Å². The van der Waals surface area contributed by atoms with E-state index in [0.29, 0.717) is 19.3 Å². The number of ether oxygens (including phenoxy) is 4. The molecule has 4 nitrogen and oxygen atoms in total. The number of epoxide rings is 1. The lowest BCUT2D eigenvalue weighted by atomic mass is 10.2. The molecule has 0 radical (unpaired) electrons. The van der Waals surface area contributed by atoms with Crippen LogP contribution in [0.4, 0.5) is 0 Å². The van der Waals surface area contributed by atoms with Crippen molar-refractivity contribution in [2.45, 2.75) is 12.7 Å². The van der Waals surface area contributed by atoms with Crippen LogP contribution < -0.4 is 9.47 Å². The second-order valence-electron chi connectivity index (χ2n) is 3.65. The van der Waals surface area contributed by atoms with E-state index < -0.39 is 0 Å². The Labute approximate surface area is 95.1 Å². The van der Waals surface area contributed by atoms with E-state index in [2.05, 4.69) is 0 Å². The van der Waals surface area contributed by atoms with E-state index in [1.807, 2.05) is 18.2 Å². The van der Waals surface area contributed by atoms with Crippen molar-refractivity contribution in [2.75, 3.05) is 27.4 Å². The summed E-state index contributed by atoms with van der Waals surface area (Å²) >= 11 is 0. The highest BCUT2D eigenvalue weighted by atomic mass is 16.6. The van der Waals surface area contributed by atoms with Crippen LogP contribution >= 0.6 is 0 Å². The summed E-state index contributed by atoms with van der Waals surface area (Å²) in [6.45, 7) is 2.00. The molecule has 1 aromatic rings. The fourth-order valence-corrected chi connectivity index (χ4v) is 1.44. The van der Waals surface area contributed by atoms with Crippen molar-refractivity contribution in [1.82, 2.24) is 0 Å². The lowest BCUT2D eigenvalue weighted by Crippen LogP contribution is -2.02. The minimum atomic E-state index is 0.296. The Hall–Kier alpha value is -1.26. The number of benzene rings is 1. The Morgan fingerprint density at radius 3 is 2.75 bits per heavy atom. The van der Waals surface area contributed by atoms with E-state index in [0.717, 1.165) is 23.7 Å². The smallest absolute Gasteiger partial charge is 0.128 e. The van der Waals surface area contributed by atoms with Crippen molar-refractivity contribution >= 4 is 0 Å². The number of hydrogen-bond donors (Lipinski definition) is 0. The predicted octanol–water partition coefficient (Wildman–Crippen LogP) is 1.62. The molecule has 0 amide bonds. The first-order valence-corrected chi connectivity index (χ1v) is 5.23. The van der Waals surface area contributed by atoms with Gasteiger partial charge in [0.25, 0.3) is 0 Å². The van der Waals surface area contributed by atoms with Gasteiger partial charge in [0.1, 0.15) is 17.6 Å². The molecular formula is C12H16O4. The van der Waals surface area contributed by atoms with E-state index >= 15 is 0 Å². The third kappa shape index (κ3) is 2.87. The van der Waals surface area contributed by atoms with Crippen LogP contribution in [0.25, 0.3) is 0 Å². The first-order chi connectivity index (χ1) is 7.83. The molecule has 0 spiro atoms. The lowest BCUT2D eigenvalue weighted by molar-refractivity contribution is 0.102. The first-order valence-electron chi connectivity index (χ1n) is 5.23. The largest absolute Gasteiger partial charge is 0.497 e. The molecule has 0 N–H and O–H groups in total. The molecule has 1 atom stereocenters. The van der Waals surface area contributed by atoms with Crippen molar-refractivity contribution in [2.24, 2.45) is 0 Å². The normalized spacial score (nSPS) is 18.2. The van der Waals surface area contributed by atoms with Gasteiger partial charge < -0.3 is 18.9 Å². The predicted molar refractivity (Wildman–Crippen MR) is 58.9 cm³/mol. The summed E-state index contributed by atoms with van der Waals surface area (Å²) in [5, 5.41) is 0. The summed E-state index contributed by atoms with van der Waals surface area (Å²) in [5.74, 6) is 1.57. The maximum atomic E-state index is 5.51. The minimum absolute atomic E-state index is 0.296. The van der Waals surface area contributed by atoms with Crippen LogP contribution in [0, 0.1) is 0 Å². The lowest BCUT2D eigenvalue weighted by Gasteiger charge is -2.10. The highest BCUT2D eigenvalue weighted by Crippen LogP contribution is 2.25. The van der Waals surface area contributed by atoms with Gasteiger partial charge >= 0.3 is 0 Å². The molecule has 1 saturated heterocycles. The zero-order chi connectivity index (χ0) is 11.4. The number of methoxy groups -OCH3 is 2. The van der Waals surface area contributed by atoms with Gasteiger partial charge in [0, 0.05) is 11.6 Å². The second kappa shape index (κ2) is 5.18.